The van der Waals surface area contributed by atoms with E-state index in [0.29, 0.717) is 36.4 Å². The van der Waals surface area contributed by atoms with Crippen molar-refractivity contribution >= 4 is 17.5 Å². The number of rotatable bonds is 7. The normalized spacial score (nSPS) is 14.6. The van der Waals surface area contributed by atoms with Crippen LogP contribution in [0.5, 0.6) is 5.75 Å². The molecule has 8 heteroatoms. The van der Waals surface area contributed by atoms with Gasteiger partial charge in [-0.05, 0) is 42.3 Å². The quantitative estimate of drug-likeness (QED) is 0.558. The summed E-state index contributed by atoms with van der Waals surface area (Å²) in [5, 5.41) is 4.72. The molecule has 7 nitrogen and oxygen atoms in total. The highest BCUT2D eigenvalue weighted by molar-refractivity contribution is 6.30. The van der Waals surface area contributed by atoms with E-state index in [1.54, 1.807) is 12.1 Å². The molecule has 1 fully saturated rings. The lowest BCUT2D eigenvalue weighted by Crippen LogP contribution is -2.49. The number of ether oxygens (including phenoxy) is 1. The lowest BCUT2D eigenvalue weighted by molar-refractivity contribution is -0.135. The molecule has 0 N–H and O–H groups in total. The first-order chi connectivity index (χ1) is 15.1. The van der Waals surface area contributed by atoms with Gasteiger partial charge in [-0.1, -0.05) is 41.9 Å². The van der Waals surface area contributed by atoms with Crippen molar-refractivity contribution in [2.45, 2.75) is 19.9 Å². The number of carbonyl (C=O) groups is 1. The number of aryl methyl sites for hydroxylation is 1. The molecule has 2 heterocycles. The van der Waals surface area contributed by atoms with Crippen LogP contribution in [0.1, 0.15) is 18.4 Å². The van der Waals surface area contributed by atoms with Gasteiger partial charge in [0.25, 0.3) is 5.91 Å². The number of aromatic nitrogens is 2. The van der Waals surface area contributed by atoms with E-state index >= 15 is 0 Å². The summed E-state index contributed by atoms with van der Waals surface area (Å²) in [5.74, 6) is 1.90. The predicted octanol–water partition coefficient (Wildman–Crippen LogP) is 3.68. The number of hydrogen-bond acceptors (Lipinski definition) is 6. The van der Waals surface area contributed by atoms with E-state index < -0.39 is 0 Å². The third-order valence-electron chi connectivity index (χ3n) is 5.36. The molecular formula is C23H25ClN4O3. The summed E-state index contributed by atoms with van der Waals surface area (Å²) in [7, 11) is 0. The van der Waals surface area contributed by atoms with Crippen molar-refractivity contribution in [2.75, 3.05) is 32.8 Å². The molecule has 31 heavy (non-hydrogen) atoms. The molecule has 0 atom stereocenters. The second-order valence-corrected chi connectivity index (χ2v) is 7.86. The van der Waals surface area contributed by atoms with Crippen LogP contribution in [-0.2, 0) is 17.8 Å². The summed E-state index contributed by atoms with van der Waals surface area (Å²) in [6, 6.07) is 15.2. The highest BCUT2D eigenvalue weighted by Gasteiger charge is 2.23. The van der Waals surface area contributed by atoms with Gasteiger partial charge in [-0.25, -0.2) is 0 Å². The van der Waals surface area contributed by atoms with Gasteiger partial charge in [-0.15, -0.1) is 0 Å². The minimum Gasteiger partial charge on any atom is -0.483 e. The molecule has 162 valence electrons. The van der Waals surface area contributed by atoms with Gasteiger partial charge in [0.1, 0.15) is 5.75 Å². The molecule has 0 unspecified atom stereocenters. The largest absolute Gasteiger partial charge is 0.483 e. The first-order valence-corrected chi connectivity index (χ1v) is 10.8. The molecule has 4 rings (SSSR count). The third kappa shape index (κ3) is 5.42. The lowest BCUT2D eigenvalue weighted by atomic mass is 10.1. The van der Waals surface area contributed by atoms with Crippen LogP contribution in [0.25, 0.3) is 11.4 Å². The predicted molar refractivity (Wildman–Crippen MR) is 118 cm³/mol. The summed E-state index contributed by atoms with van der Waals surface area (Å²) in [6.07, 6.45) is 0.873. The van der Waals surface area contributed by atoms with Crippen molar-refractivity contribution in [3.63, 3.8) is 0 Å². The Hall–Kier alpha value is -2.90. The third-order valence-corrected chi connectivity index (χ3v) is 5.61. The number of halogens is 1. The highest BCUT2D eigenvalue weighted by Crippen LogP contribution is 2.20. The summed E-state index contributed by atoms with van der Waals surface area (Å²) in [4.78, 5) is 21.1. The minimum atomic E-state index is 0.00775. The van der Waals surface area contributed by atoms with Gasteiger partial charge in [0.15, 0.2) is 6.61 Å². The molecule has 0 spiro atoms. The maximum absolute atomic E-state index is 12.6. The fourth-order valence-corrected chi connectivity index (χ4v) is 3.68. The van der Waals surface area contributed by atoms with Gasteiger partial charge in [0.05, 0.1) is 6.54 Å². The van der Waals surface area contributed by atoms with Crippen LogP contribution in [0.2, 0.25) is 5.02 Å². The Morgan fingerprint density at radius 1 is 1.10 bits per heavy atom. The van der Waals surface area contributed by atoms with Crippen molar-refractivity contribution in [3.8, 4) is 17.1 Å². The Bertz CT molecular complexity index is 1010. The van der Waals surface area contributed by atoms with Crippen molar-refractivity contribution in [2.24, 2.45) is 0 Å². The molecule has 0 radical (unpaired) electrons. The van der Waals surface area contributed by atoms with Crippen molar-refractivity contribution in [1.29, 1.82) is 0 Å². The fourth-order valence-electron chi connectivity index (χ4n) is 3.55. The maximum Gasteiger partial charge on any atom is 0.260 e. The number of nitrogens with zero attached hydrogens (tertiary/aromatic N) is 4. The van der Waals surface area contributed by atoms with Crippen LogP contribution < -0.4 is 4.74 Å². The Kier molecular flexibility index (Phi) is 6.84. The second-order valence-electron chi connectivity index (χ2n) is 7.43. The molecular weight excluding hydrogens is 416 g/mol. The van der Waals surface area contributed by atoms with E-state index in [0.717, 1.165) is 36.4 Å². The molecule has 1 aliphatic heterocycles. The van der Waals surface area contributed by atoms with Crippen LogP contribution >= 0.6 is 11.6 Å². The van der Waals surface area contributed by atoms with Crippen LogP contribution in [-0.4, -0.2) is 58.6 Å². The summed E-state index contributed by atoms with van der Waals surface area (Å²) in [6.45, 7) is 5.48. The topological polar surface area (TPSA) is 71.7 Å². The monoisotopic (exact) mass is 440 g/mol. The highest BCUT2D eigenvalue weighted by atomic mass is 35.5. The molecule has 3 aromatic rings. The van der Waals surface area contributed by atoms with Gasteiger partial charge < -0.3 is 14.2 Å². The van der Waals surface area contributed by atoms with Crippen molar-refractivity contribution in [1.82, 2.24) is 19.9 Å². The molecule has 1 amide bonds. The number of amides is 1. The summed E-state index contributed by atoms with van der Waals surface area (Å²) in [5.41, 5.74) is 1.97. The first kappa shape index (κ1) is 21.3. The molecule has 0 bridgehead atoms. The van der Waals surface area contributed by atoms with Gasteiger partial charge in [-0.2, -0.15) is 4.98 Å². The average molecular weight is 441 g/mol. The second kappa shape index (κ2) is 9.94. The maximum atomic E-state index is 12.6. The Balaban J connectivity index is 1.25. The van der Waals surface area contributed by atoms with Crippen LogP contribution in [0.3, 0.4) is 0 Å². The van der Waals surface area contributed by atoms with E-state index in [-0.39, 0.29) is 12.5 Å². The van der Waals surface area contributed by atoms with Gasteiger partial charge in [-0.3, -0.25) is 9.69 Å². The number of para-hydroxylation sites is 1. The standard InChI is InChI=1S/C23H25ClN4O3/c1-2-17-5-3-4-6-20(17)30-16-22(29)28-13-11-27(12-14-28)15-21-25-23(26-31-21)18-7-9-19(24)10-8-18/h3-10H,2,11-16H2,1H3. The zero-order valence-electron chi connectivity index (χ0n) is 17.5. The Labute approximate surface area is 186 Å². The zero-order valence-corrected chi connectivity index (χ0v) is 18.2. The van der Waals surface area contributed by atoms with Gasteiger partial charge >= 0.3 is 0 Å². The number of hydrogen-bond donors (Lipinski definition) is 0. The minimum absolute atomic E-state index is 0.00775. The van der Waals surface area contributed by atoms with E-state index in [4.69, 9.17) is 20.9 Å². The smallest absolute Gasteiger partial charge is 0.260 e. The summed E-state index contributed by atoms with van der Waals surface area (Å²) < 4.78 is 11.2. The number of benzene rings is 2. The number of carbonyl (C=O) groups excluding carboxylic acids is 1. The van der Waals surface area contributed by atoms with E-state index in [2.05, 4.69) is 22.0 Å². The molecule has 1 saturated heterocycles. The molecule has 0 saturated carbocycles. The van der Waals surface area contributed by atoms with Gasteiger partial charge in [0.2, 0.25) is 11.7 Å². The lowest BCUT2D eigenvalue weighted by Gasteiger charge is -2.33. The average Bonchev–Trinajstić information content (AvgIpc) is 3.27. The van der Waals surface area contributed by atoms with Gasteiger partial charge in [0, 0.05) is 36.8 Å². The molecule has 2 aromatic carbocycles. The zero-order chi connectivity index (χ0) is 21.6. The van der Waals surface area contributed by atoms with E-state index in [1.165, 1.54) is 0 Å². The van der Waals surface area contributed by atoms with Crippen LogP contribution in [0, 0.1) is 0 Å². The first-order valence-electron chi connectivity index (χ1n) is 10.4. The molecule has 1 aliphatic rings. The SMILES string of the molecule is CCc1ccccc1OCC(=O)N1CCN(Cc2nc(-c3ccc(Cl)cc3)no2)CC1. The van der Waals surface area contributed by atoms with E-state index in [1.807, 2.05) is 41.3 Å². The van der Waals surface area contributed by atoms with Crippen molar-refractivity contribution in [3.05, 3.63) is 65.0 Å². The Morgan fingerprint density at radius 2 is 1.84 bits per heavy atom. The van der Waals surface area contributed by atoms with Crippen molar-refractivity contribution < 1.29 is 14.1 Å². The fraction of sp³-hybridized carbons (Fsp3) is 0.348. The molecule has 0 aliphatic carbocycles. The number of piperazine rings is 1. The molecule has 1 aromatic heterocycles. The van der Waals surface area contributed by atoms with E-state index in [9.17, 15) is 4.79 Å². The van der Waals surface area contributed by atoms with Crippen LogP contribution in [0.15, 0.2) is 53.1 Å². The summed E-state index contributed by atoms with van der Waals surface area (Å²) >= 11 is 5.92. The van der Waals surface area contributed by atoms with Crippen LogP contribution in [0.4, 0.5) is 0 Å². The Morgan fingerprint density at radius 3 is 2.58 bits per heavy atom.